The van der Waals surface area contributed by atoms with Crippen LogP contribution in [0, 0.1) is 6.92 Å². The molecule has 1 saturated carbocycles. The van der Waals surface area contributed by atoms with Crippen LogP contribution in [-0.4, -0.2) is 39.7 Å². The molecule has 0 bridgehead atoms. The van der Waals surface area contributed by atoms with Gasteiger partial charge in [-0.3, -0.25) is 4.98 Å². The van der Waals surface area contributed by atoms with E-state index in [1.54, 1.807) is 32.3 Å². The first-order chi connectivity index (χ1) is 15.1. The van der Waals surface area contributed by atoms with E-state index in [1.807, 2.05) is 18.2 Å². The molecule has 2 heterocycles. The number of aryl methyl sites for hydroxylation is 1. The second-order valence-electron chi connectivity index (χ2n) is 7.66. The lowest BCUT2D eigenvalue weighted by Crippen LogP contribution is -2.31. The molecule has 3 N–H and O–H groups in total. The minimum atomic E-state index is -0.462. The van der Waals surface area contributed by atoms with Gasteiger partial charge in [0.05, 0.1) is 35.0 Å². The summed E-state index contributed by atoms with van der Waals surface area (Å²) in [7, 11) is 0. The maximum Gasteiger partial charge on any atom is 0.342 e. The van der Waals surface area contributed by atoms with E-state index in [1.165, 1.54) is 0 Å². The number of nitrogens with two attached hydrogens (primary N) is 1. The Balaban J connectivity index is 1.51. The van der Waals surface area contributed by atoms with Crippen molar-refractivity contribution in [1.29, 1.82) is 0 Å². The zero-order valence-corrected chi connectivity index (χ0v) is 17.8. The van der Waals surface area contributed by atoms with Crippen LogP contribution in [0.1, 0.15) is 48.7 Å². The number of rotatable bonds is 6. The summed E-state index contributed by atoms with van der Waals surface area (Å²) in [6.45, 7) is 3.81. The van der Waals surface area contributed by atoms with E-state index in [9.17, 15) is 4.79 Å². The Kier molecular flexibility index (Phi) is 6.16. The van der Waals surface area contributed by atoms with Gasteiger partial charge >= 0.3 is 5.97 Å². The molecule has 0 aliphatic heterocycles. The SMILES string of the molecule is CCOC(=O)c1c(C)nc2cccc(O[C@H]3CC[C@H](Nc4ncccn4)CC3)c2c1N. The number of carbonyl (C=O) groups excluding carboxylic acids is 1. The lowest BCUT2D eigenvalue weighted by Gasteiger charge is -2.30. The molecular weight excluding hydrogens is 394 g/mol. The molecule has 1 aromatic carbocycles. The van der Waals surface area contributed by atoms with E-state index < -0.39 is 5.97 Å². The van der Waals surface area contributed by atoms with Crippen molar-refractivity contribution < 1.29 is 14.3 Å². The van der Waals surface area contributed by atoms with E-state index in [2.05, 4.69) is 20.3 Å². The van der Waals surface area contributed by atoms with Crippen LogP contribution in [0.3, 0.4) is 0 Å². The number of carbonyl (C=O) groups is 1. The molecule has 0 amide bonds. The fourth-order valence-corrected chi connectivity index (χ4v) is 4.06. The Labute approximate surface area is 181 Å². The van der Waals surface area contributed by atoms with Gasteiger partial charge < -0.3 is 20.5 Å². The number of nitrogens with one attached hydrogen (secondary N) is 1. The van der Waals surface area contributed by atoms with Gasteiger partial charge in [0.15, 0.2) is 0 Å². The number of benzene rings is 1. The number of pyridine rings is 1. The summed E-state index contributed by atoms with van der Waals surface area (Å²) in [5.74, 6) is 0.842. The molecule has 4 rings (SSSR count). The molecule has 0 spiro atoms. The van der Waals surface area contributed by atoms with Crippen LogP contribution in [0.5, 0.6) is 5.75 Å². The average molecular weight is 422 g/mol. The van der Waals surface area contributed by atoms with Gasteiger partial charge in [-0.15, -0.1) is 0 Å². The fourth-order valence-electron chi connectivity index (χ4n) is 4.06. The molecule has 2 aromatic heterocycles. The molecule has 0 atom stereocenters. The third-order valence-corrected chi connectivity index (χ3v) is 5.54. The summed E-state index contributed by atoms with van der Waals surface area (Å²) in [5.41, 5.74) is 8.34. The Bertz CT molecular complexity index is 1070. The van der Waals surface area contributed by atoms with Crippen molar-refractivity contribution in [2.45, 2.75) is 51.7 Å². The standard InChI is InChI=1S/C23H27N5O3/c1-3-30-22(29)19-14(2)27-17-6-4-7-18(20(17)21(19)24)31-16-10-8-15(9-11-16)28-23-25-12-5-13-26-23/h4-7,12-13,15-16H,3,8-11H2,1-2H3,(H2,24,27)(H,25,26,28)/t15-,16-. The van der Waals surface area contributed by atoms with Gasteiger partial charge in [-0.1, -0.05) is 6.07 Å². The van der Waals surface area contributed by atoms with Crippen molar-refractivity contribution in [2.75, 3.05) is 17.7 Å². The fraction of sp³-hybridized carbons (Fsp3) is 0.391. The molecule has 0 saturated heterocycles. The maximum absolute atomic E-state index is 12.4. The molecular formula is C23H27N5O3. The van der Waals surface area contributed by atoms with Gasteiger partial charge in [0.25, 0.3) is 0 Å². The predicted octanol–water partition coefficient (Wildman–Crippen LogP) is 3.89. The first-order valence-electron chi connectivity index (χ1n) is 10.6. The Hall–Kier alpha value is -3.42. The van der Waals surface area contributed by atoms with Crippen molar-refractivity contribution in [1.82, 2.24) is 15.0 Å². The quantitative estimate of drug-likeness (QED) is 0.577. The van der Waals surface area contributed by atoms with Gasteiger partial charge in [0.2, 0.25) is 5.95 Å². The number of fused-ring (bicyclic) bond motifs is 1. The van der Waals surface area contributed by atoms with Crippen molar-refractivity contribution in [3.05, 3.63) is 47.9 Å². The third kappa shape index (κ3) is 4.52. The summed E-state index contributed by atoms with van der Waals surface area (Å²) < 4.78 is 11.5. The topological polar surface area (TPSA) is 112 Å². The lowest BCUT2D eigenvalue weighted by molar-refractivity contribution is 0.0526. The largest absolute Gasteiger partial charge is 0.490 e. The molecule has 1 aliphatic carbocycles. The Morgan fingerprint density at radius 3 is 2.61 bits per heavy atom. The van der Waals surface area contributed by atoms with E-state index in [-0.39, 0.29) is 12.7 Å². The summed E-state index contributed by atoms with van der Waals surface area (Å²) in [4.78, 5) is 25.5. The first-order valence-corrected chi connectivity index (χ1v) is 10.6. The zero-order chi connectivity index (χ0) is 21.8. The highest BCUT2D eigenvalue weighted by atomic mass is 16.5. The van der Waals surface area contributed by atoms with Crippen molar-refractivity contribution in [3.8, 4) is 5.75 Å². The summed E-state index contributed by atoms with van der Waals surface area (Å²) in [5, 5.41) is 4.04. The molecule has 1 fully saturated rings. The molecule has 0 radical (unpaired) electrons. The highest BCUT2D eigenvalue weighted by molar-refractivity contribution is 6.07. The molecule has 0 unspecified atom stereocenters. The van der Waals surface area contributed by atoms with Crippen molar-refractivity contribution >= 4 is 28.5 Å². The van der Waals surface area contributed by atoms with Gasteiger partial charge in [0, 0.05) is 18.4 Å². The van der Waals surface area contributed by atoms with E-state index in [0.29, 0.717) is 45.6 Å². The minimum absolute atomic E-state index is 0.0621. The lowest BCUT2D eigenvalue weighted by atomic mass is 9.93. The first kappa shape index (κ1) is 20.8. The molecule has 8 nitrogen and oxygen atoms in total. The van der Waals surface area contributed by atoms with E-state index in [0.717, 1.165) is 25.7 Å². The van der Waals surface area contributed by atoms with Gasteiger partial charge in [-0.05, 0) is 57.7 Å². The Morgan fingerprint density at radius 1 is 1.16 bits per heavy atom. The molecule has 31 heavy (non-hydrogen) atoms. The summed E-state index contributed by atoms with van der Waals surface area (Å²) in [6.07, 6.45) is 7.22. The van der Waals surface area contributed by atoms with Crippen LogP contribution in [0.15, 0.2) is 36.7 Å². The number of esters is 1. The third-order valence-electron chi connectivity index (χ3n) is 5.54. The van der Waals surface area contributed by atoms with Crippen molar-refractivity contribution in [2.24, 2.45) is 0 Å². The second-order valence-corrected chi connectivity index (χ2v) is 7.66. The smallest absolute Gasteiger partial charge is 0.342 e. The number of aromatic nitrogens is 3. The normalized spacial score (nSPS) is 18.5. The summed E-state index contributed by atoms with van der Waals surface area (Å²) in [6, 6.07) is 7.77. The van der Waals surface area contributed by atoms with Crippen molar-refractivity contribution in [3.63, 3.8) is 0 Å². The number of nitrogen functional groups attached to an aromatic ring is 1. The average Bonchev–Trinajstić information content (AvgIpc) is 2.76. The highest BCUT2D eigenvalue weighted by Gasteiger charge is 2.25. The highest BCUT2D eigenvalue weighted by Crippen LogP contribution is 2.36. The number of hydrogen-bond donors (Lipinski definition) is 2. The number of nitrogens with zero attached hydrogens (tertiary/aromatic N) is 3. The van der Waals surface area contributed by atoms with Gasteiger partial charge in [-0.2, -0.15) is 0 Å². The molecule has 162 valence electrons. The minimum Gasteiger partial charge on any atom is -0.490 e. The number of ether oxygens (including phenoxy) is 2. The van der Waals surface area contributed by atoms with Crippen LogP contribution in [0.4, 0.5) is 11.6 Å². The van der Waals surface area contributed by atoms with Crippen LogP contribution >= 0.6 is 0 Å². The second kappa shape index (κ2) is 9.16. The van der Waals surface area contributed by atoms with E-state index in [4.69, 9.17) is 15.2 Å². The van der Waals surface area contributed by atoms with Crippen LogP contribution in [0.25, 0.3) is 10.9 Å². The van der Waals surface area contributed by atoms with E-state index >= 15 is 0 Å². The van der Waals surface area contributed by atoms with Crippen LogP contribution in [-0.2, 0) is 4.74 Å². The number of hydrogen-bond acceptors (Lipinski definition) is 8. The maximum atomic E-state index is 12.4. The molecule has 8 heteroatoms. The monoisotopic (exact) mass is 421 g/mol. The zero-order valence-electron chi connectivity index (χ0n) is 17.8. The summed E-state index contributed by atoms with van der Waals surface area (Å²) >= 11 is 0. The molecule has 3 aromatic rings. The van der Waals surface area contributed by atoms with Gasteiger partial charge in [-0.25, -0.2) is 14.8 Å². The van der Waals surface area contributed by atoms with Gasteiger partial charge in [0.1, 0.15) is 11.3 Å². The number of anilines is 2. The predicted molar refractivity (Wildman–Crippen MR) is 119 cm³/mol. The molecule has 1 aliphatic rings. The van der Waals surface area contributed by atoms with Crippen LogP contribution in [0.2, 0.25) is 0 Å². The Morgan fingerprint density at radius 2 is 1.90 bits per heavy atom. The van der Waals surface area contributed by atoms with Crippen LogP contribution < -0.4 is 15.8 Å².